The van der Waals surface area contributed by atoms with Gasteiger partial charge in [0.15, 0.2) is 0 Å². The quantitative estimate of drug-likeness (QED) is 0.748. The third-order valence-corrected chi connectivity index (χ3v) is 1.69. The van der Waals surface area contributed by atoms with Gasteiger partial charge in [0, 0.05) is 5.02 Å². The minimum absolute atomic E-state index is 0.0967. The molecule has 0 saturated heterocycles. The second-order valence-corrected chi connectivity index (χ2v) is 2.93. The Morgan fingerprint density at radius 3 is 2.92 bits per heavy atom. The number of esters is 1. The molecule has 4 heteroatoms. The first-order valence-electron chi connectivity index (χ1n) is 3.82. The molecule has 0 atom stereocenters. The lowest BCUT2D eigenvalue weighted by molar-refractivity contribution is -0.143. The van der Waals surface area contributed by atoms with Gasteiger partial charge in [-0.3, -0.25) is 4.79 Å². The van der Waals surface area contributed by atoms with Crippen LogP contribution in [0.1, 0.15) is 5.56 Å². The molecule has 3 nitrogen and oxygen atoms in total. The molecular weight excluding hydrogens is 190 g/mol. The average molecular weight is 200 g/mol. The van der Waals surface area contributed by atoms with E-state index in [4.69, 9.17) is 22.1 Å². The van der Waals surface area contributed by atoms with Crippen molar-refractivity contribution in [2.24, 2.45) is 5.73 Å². The molecule has 0 unspecified atom stereocenters. The number of halogens is 1. The van der Waals surface area contributed by atoms with E-state index >= 15 is 0 Å². The van der Waals surface area contributed by atoms with Crippen molar-refractivity contribution in [2.75, 3.05) is 6.54 Å². The summed E-state index contributed by atoms with van der Waals surface area (Å²) in [5, 5.41) is 0.626. The summed E-state index contributed by atoms with van der Waals surface area (Å²) in [4.78, 5) is 10.7. The van der Waals surface area contributed by atoms with Crippen molar-refractivity contribution in [1.29, 1.82) is 0 Å². The molecule has 0 heterocycles. The molecular formula is C9H10ClNO2. The molecule has 1 rings (SSSR count). The van der Waals surface area contributed by atoms with Gasteiger partial charge in [0.2, 0.25) is 0 Å². The molecule has 0 aliphatic rings. The lowest BCUT2D eigenvalue weighted by Gasteiger charge is -2.02. The van der Waals surface area contributed by atoms with Gasteiger partial charge in [0.1, 0.15) is 6.61 Å². The van der Waals surface area contributed by atoms with Crippen molar-refractivity contribution in [2.45, 2.75) is 6.61 Å². The molecule has 1 aromatic rings. The predicted molar refractivity (Wildman–Crippen MR) is 50.3 cm³/mol. The molecule has 2 N–H and O–H groups in total. The van der Waals surface area contributed by atoms with Gasteiger partial charge in [-0.25, -0.2) is 0 Å². The summed E-state index contributed by atoms with van der Waals surface area (Å²) >= 11 is 5.73. The van der Waals surface area contributed by atoms with E-state index in [9.17, 15) is 4.79 Å². The van der Waals surface area contributed by atoms with Gasteiger partial charge >= 0.3 is 5.97 Å². The number of ether oxygens (including phenoxy) is 1. The lowest BCUT2D eigenvalue weighted by atomic mass is 10.2. The fourth-order valence-corrected chi connectivity index (χ4v) is 1.06. The van der Waals surface area contributed by atoms with Crippen LogP contribution in [0.2, 0.25) is 5.02 Å². The number of hydrogen-bond donors (Lipinski definition) is 1. The Bertz CT molecular complexity index is 301. The van der Waals surface area contributed by atoms with Gasteiger partial charge in [-0.1, -0.05) is 23.7 Å². The van der Waals surface area contributed by atoms with Crippen LogP contribution in [0.25, 0.3) is 0 Å². The van der Waals surface area contributed by atoms with Crippen molar-refractivity contribution in [3.63, 3.8) is 0 Å². The van der Waals surface area contributed by atoms with Gasteiger partial charge in [0.25, 0.3) is 0 Å². The lowest BCUT2D eigenvalue weighted by Crippen LogP contribution is -2.16. The summed E-state index contributed by atoms with van der Waals surface area (Å²) in [6, 6.07) is 7.13. The van der Waals surface area contributed by atoms with E-state index in [0.29, 0.717) is 5.02 Å². The summed E-state index contributed by atoms with van der Waals surface area (Å²) in [6.45, 7) is 0.122. The van der Waals surface area contributed by atoms with Crippen molar-refractivity contribution in [3.8, 4) is 0 Å². The van der Waals surface area contributed by atoms with E-state index in [2.05, 4.69) is 0 Å². The first kappa shape index (κ1) is 10.0. The first-order chi connectivity index (χ1) is 6.22. The van der Waals surface area contributed by atoms with Gasteiger partial charge in [0.05, 0.1) is 6.54 Å². The number of benzene rings is 1. The maximum atomic E-state index is 10.7. The zero-order valence-electron chi connectivity index (χ0n) is 7.00. The standard InChI is InChI=1S/C9H10ClNO2/c10-8-3-1-2-7(4-8)6-13-9(12)5-11/h1-4H,5-6,11H2. The highest BCUT2D eigenvalue weighted by Crippen LogP contribution is 2.11. The Morgan fingerprint density at radius 1 is 1.54 bits per heavy atom. The molecule has 0 amide bonds. The Hall–Kier alpha value is -1.06. The Morgan fingerprint density at radius 2 is 2.31 bits per heavy atom. The van der Waals surface area contributed by atoms with Crippen LogP contribution in [0.15, 0.2) is 24.3 Å². The fraction of sp³-hybridized carbons (Fsp3) is 0.222. The molecule has 13 heavy (non-hydrogen) atoms. The van der Waals surface area contributed by atoms with Crippen molar-refractivity contribution in [3.05, 3.63) is 34.9 Å². The van der Waals surface area contributed by atoms with Crippen LogP contribution in [0.5, 0.6) is 0 Å². The van der Waals surface area contributed by atoms with Gasteiger partial charge in [-0.2, -0.15) is 0 Å². The normalized spacial score (nSPS) is 9.69. The molecule has 0 radical (unpaired) electrons. The largest absolute Gasteiger partial charge is 0.460 e. The molecule has 0 aliphatic carbocycles. The molecule has 0 fully saturated rings. The number of carbonyl (C=O) groups excluding carboxylic acids is 1. The number of rotatable bonds is 3. The highest BCUT2D eigenvalue weighted by molar-refractivity contribution is 6.30. The van der Waals surface area contributed by atoms with Crippen LogP contribution in [0, 0.1) is 0 Å². The minimum atomic E-state index is -0.417. The average Bonchev–Trinajstić information content (AvgIpc) is 2.14. The Labute approximate surface area is 81.4 Å². The van der Waals surface area contributed by atoms with Crippen molar-refractivity contribution >= 4 is 17.6 Å². The topological polar surface area (TPSA) is 52.3 Å². The van der Waals surface area contributed by atoms with Crippen molar-refractivity contribution in [1.82, 2.24) is 0 Å². The Balaban J connectivity index is 2.50. The van der Waals surface area contributed by atoms with E-state index in [1.54, 1.807) is 18.2 Å². The number of nitrogens with two attached hydrogens (primary N) is 1. The highest BCUT2D eigenvalue weighted by Gasteiger charge is 1.99. The van der Waals surface area contributed by atoms with Crippen LogP contribution in [-0.4, -0.2) is 12.5 Å². The van der Waals surface area contributed by atoms with Gasteiger partial charge in [-0.15, -0.1) is 0 Å². The van der Waals surface area contributed by atoms with E-state index in [0.717, 1.165) is 5.56 Å². The molecule has 0 bridgehead atoms. The summed E-state index contributed by atoms with van der Waals surface area (Å²) < 4.78 is 4.81. The summed E-state index contributed by atoms with van der Waals surface area (Å²) in [6.07, 6.45) is 0. The summed E-state index contributed by atoms with van der Waals surface area (Å²) in [5.74, 6) is -0.417. The zero-order valence-corrected chi connectivity index (χ0v) is 7.75. The molecule has 1 aromatic carbocycles. The predicted octanol–water partition coefficient (Wildman–Crippen LogP) is 1.34. The van der Waals surface area contributed by atoms with Crippen LogP contribution in [0.4, 0.5) is 0 Å². The van der Waals surface area contributed by atoms with Crippen LogP contribution in [0.3, 0.4) is 0 Å². The van der Waals surface area contributed by atoms with Crippen molar-refractivity contribution < 1.29 is 9.53 Å². The first-order valence-corrected chi connectivity index (χ1v) is 4.20. The number of hydrogen-bond acceptors (Lipinski definition) is 3. The minimum Gasteiger partial charge on any atom is -0.460 e. The second-order valence-electron chi connectivity index (χ2n) is 2.49. The molecule has 0 aromatic heterocycles. The van der Waals surface area contributed by atoms with Crippen LogP contribution < -0.4 is 5.73 Å². The van der Waals surface area contributed by atoms with E-state index in [-0.39, 0.29) is 13.2 Å². The molecule has 0 saturated carbocycles. The summed E-state index contributed by atoms with van der Waals surface area (Å²) in [5.41, 5.74) is 5.92. The second kappa shape index (κ2) is 4.84. The van der Waals surface area contributed by atoms with Crippen LogP contribution >= 0.6 is 11.6 Å². The Kier molecular flexibility index (Phi) is 3.73. The highest BCUT2D eigenvalue weighted by atomic mass is 35.5. The SMILES string of the molecule is NCC(=O)OCc1cccc(Cl)c1. The third-order valence-electron chi connectivity index (χ3n) is 1.46. The zero-order chi connectivity index (χ0) is 9.68. The fourth-order valence-electron chi connectivity index (χ4n) is 0.850. The molecule has 0 spiro atoms. The summed E-state index contributed by atoms with van der Waals surface area (Å²) in [7, 11) is 0. The maximum Gasteiger partial charge on any atom is 0.320 e. The van der Waals surface area contributed by atoms with E-state index < -0.39 is 5.97 Å². The maximum absolute atomic E-state index is 10.7. The van der Waals surface area contributed by atoms with Gasteiger partial charge < -0.3 is 10.5 Å². The molecule has 0 aliphatic heterocycles. The van der Waals surface area contributed by atoms with E-state index in [1.165, 1.54) is 0 Å². The monoisotopic (exact) mass is 199 g/mol. The smallest absolute Gasteiger partial charge is 0.320 e. The molecule has 70 valence electrons. The number of carbonyl (C=O) groups is 1. The van der Waals surface area contributed by atoms with Crippen LogP contribution in [-0.2, 0) is 16.1 Å². The van der Waals surface area contributed by atoms with Gasteiger partial charge in [-0.05, 0) is 17.7 Å². The third kappa shape index (κ3) is 3.44. The van der Waals surface area contributed by atoms with E-state index in [1.807, 2.05) is 6.07 Å².